The van der Waals surface area contributed by atoms with Crippen molar-refractivity contribution < 1.29 is 4.79 Å². The van der Waals surface area contributed by atoms with Crippen molar-refractivity contribution in [1.29, 1.82) is 0 Å². The second-order valence-electron chi connectivity index (χ2n) is 5.02. The molecular formula is C18H15N3O2. The van der Waals surface area contributed by atoms with Crippen LogP contribution in [0.3, 0.4) is 0 Å². The average molecular weight is 305 g/mol. The molecule has 3 rings (SSSR count). The summed E-state index contributed by atoms with van der Waals surface area (Å²) in [5.74, 6) is -0.359. The Morgan fingerprint density at radius 2 is 2.09 bits per heavy atom. The van der Waals surface area contributed by atoms with E-state index in [1.54, 1.807) is 48.8 Å². The monoisotopic (exact) mass is 305 g/mol. The van der Waals surface area contributed by atoms with Crippen molar-refractivity contribution in [3.05, 3.63) is 83.6 Å². The smallest absolute Gasteiger partial charge is 0.272 e. The van der Waals surface area contributed by atoms with Crippen molar-refractivity contribution in [3.63, 3.8) is 0 Å². The molecule has 3 aromatic rings. The maximum Gasteiger partial charge on any atom is 0.272 e. The summed E-state index contributed by atoms with van der Waals surface area (Å²) in [6.45, 7) is 3.92. The molecule has 0 aliphatic carbocycles. The lowest BCUT2D eigenvalue weighted by Crippen LogP contribution is -2.28. The molecule has 23 heavy (non-hydrogen) atoms. The Balaban J connectivity index is 2.11. The fourth-order valence-electron chi connectivity index (χ4n) is 2.43. The van der Waals surface area contributed by atoms with Crippen LogP contribution in [0.4, 0.5) is 5.69 Å². The van der Waals surface area contributed by atoms with Gasteiger partial charge in [-0.05, 0) is 29.7 Å². The molecule has 0 spiro atoms. The van der Waals surface area contributed by atoms with Gasteiger partial charge in [0.25, 0.3) is 11.5 Å². The summed E-state index contributed by atoms with van der Waals surface area (Å²) in [5.41, 5.74) is 0.653. The summed E-state index contributed by atoms with van der Waals surface area (Å²) in [6.07, 6.45) is 4.77. The molecule has 0 saturated heterocycles. The number of anilines is 1. The Morgan fingerprint density at radius 1 is 1.26 bits per heavy atom. The van der Waals surface area contributed by atoms with Crippen LogP contribution in [0, 0.1) is 0 Å². The Labute approximate surface area is 132 Å². The zero-order valence-corrected chi connectivity index (χ0v) is 12.4. The molecule has 2 heterocycles. The number of hydrogen-bond acceptors (Lipinski definition) is 3. The largest absolute Gasteiger partial charge is 0.319 e. The number of rotatable bonds is 4. The van der Waals surface area contributed by atoms with E-state index in [1.165, 1.54) is 4.57 Å². The minimum Gasteiger partial charge on any atom is -0.319 e. The lowest BCUT2D eigenvalue weighted by molar-refractivity contribution is 0.101. The van der Waals surface area contributed by atoms with Gasteiger partial charge in [-0.1, -0.05) is 24.3 Å². The first-order valence-corrected chi connectivity index (χ1v) is 7.15. The summed E-state index contributed by atoms with van der Waals surface area (Å²) in [5, 5.41) is 4.06. The van der Waals surface area contributed by atoms with Gasteiger partial charge in [-0.25, -0.2) is 0 Å². The van der Waals surface area contributed by atoms with Crippen LogP contribution in [-0.4, -0.2) is 15.5 Å². The molecule has 5 nitrogen and oxygen atoms in total. The molecular weight excluding hydrogens is 290 g/mol. The van der Waals surface area contributed by atoms with Crippen molar-refractivity contribution in [2.75, 3.05) is 5.32 Å². The van der Waals surface area contributed by atoms with E-state index in [-0.39, 0.29) is 23.7 Å². The van der Waals surface area contributed by atoms with Gasteiger partial charge in [-0.15, -0.1) is 6.58 Å². The van der Waals surface area contributed by atoms with Crippen LogP contribution >= 0.6 is 0 Å². The first kappa shape index (κ1) is 14.7. The lowest BCUT2D eigenvalue weighted by Gasteiger charge is -2.13. The summed E-state index contributed by atoms with van der Waals surface area (Å²) in [6, 6.07) is 12.4. The van der Waals surface area contributed by atoms with E-state index >= 15 is 0 Å². The molecule has 1 N–H and O–H groups in total. The maximum absolute atomic E-state index is 12.6. The topological polar surface area (TPSA) is 64.0 Å². The van der Waals surface area contributed by atoms with Crippen molar-refractivity contribution >= 4 is 22.4 Å². The molecule has 1 aromatic carbocycles. The number of nitrogens with one attached hydrogen (secondary N) is 1. The highest BCUT2D eigenvalue weighted by atomic mass is 16.2. The second-order valence-corrected chi connectivity index (χ2v) is 5.02. The molecule has 2 aromatic heterocycles. The van der Waals surface area contributed by atoms with Gasteiger partial charge in [-0.3, -0.25) is 19.1 Å². The number of benzene rings is 1. The van der Waals surface area contributed by atoms with Crippen LogP contribution in [0.25, 0.3) is 10.8 Å². The van der Waals surface area contributed by atoms with Gasteiger partial charge in [0.1, 0.15) is 5.69 Å². The number of fused-ring (bicyclic) bond motifs is 1. The van der Waals surface area contributed by atoms with E-state index < -0.39 is 0 Å². The molecule has 0 radical (unpaired) electrons. The molecule has 0 saturated carbocycles. The van der Waals surface area contributed by atoms with Crippen LogP contribution in [0.5, 0.6) is 0 Å². The molecule has 114 valence electrons. The highest BCUT2D eigenvalue weighted by Crippen LogP contribution is 2.14. The molecule has 0 aliphatic heterocycles. The SMILES string of the molecule is C=CCn1c(C(=O)Nc2cccnc2)cc2ccccc2c1=O. The normalized spacial score (nSPS) is 10.4. The minimum atomic E-state index is -0.359. The standard InChI is InChI=1S/C18H15N3O2/c1-2-10-21-16(17(22)20-14-7-5-9-19-12-14)11-13-6-3-4-8-15(13)18(21)23/h2-9,11-12H,1,10H2,(H,20,22). The van der Waals surface area contributed by atoms with Gasteiger partial charge in [-0.2, -0.15) is 0 Å². The summed E-state index contributed by atoms with van der Waals surface area (Å²) in [7, 11) is 0. The van der Waals surface area contributed by atoms with E-state index in [1.807, 2.05) is 12.1 Å². The maximum atomic E-state index is 12.6. The Bertz CT molecular complexity index is 930. The fourth-order valence-corrected chi connectivity index (χ4v) is 2.43. The number of pyridine rings is 2. The van der Waals surface area contributed by atoms with Gasteiger partial charge in [0.15, 0.2) is 0 Å². The first-order chi connectivity index (χ1) is 11.2. The Kier molecular flexibility index (Phi) is 4.01. The van der Waals surface area contributed by atoms with Gasteiger partial charge in [0, 0.05) is 18.1 Å². The number of allylic oxidation sites excluding steroid dienone is 1. The molecule has 1 amide bonds. The quantitative estimate of drug-likeness (QED) is 0.754. The summed E-state index contributed by atoms with van der Waals surface area (Å²) < 4.78 is 1.42. The highest BCUT2D eigenvalue weighted by Gasteiger charge is 2.15. The Morgan fingerprint density at radius 3 is 2.83 bits per heavy atom. The molecule has 0 fully saturated rings. The molecule has 0 atom stereocenters. The Hall–Kier alpha value is -3.21. The zero-order chi connectivity index (χ0) is 16.2. The third-order valence-corrected chi connectivity index (χ3v) is 3.48. The molecule has 0 aliphatic rings. The van der Waals surface area contributed by atoms with Crippen LogP contribution in [0.15, 0.2) is 72.3 Å². The number of carbonyl (C=O) groups is 1. The second kappa shape index (κ2) is 6.27. The average Bonchev–Trinajstić information content (AvgIpc) is 2.58. The van der Waals surface area contributed by atoms with Gasteiger partial charge < -0.3 is 5.32 Å². The zero-order valence-electron chi connectivity index (χ0n) is 12.4. The molecule has 0 bridgehead atoms. The van der Waals surface area contributed by atoms with Gasteiger partial charge >= 0.3 is 0 Å². The van der Waals surface area contributed by atoms with Crippen molar-refractivity contribution in [3.8, 4) is 0 Å². The number of carbonyl (C=O) groups excluding carboxylic acids is 1. The summed E-state index contributed by atoms with van der Waals surface area (Å²) in [4.78, 5) is 29.1. The third kappa shape index (κ3) is 2.89. The van der Waals surface area contributed by atoms with E-state index in [9.17, 15) is 9.59 Å². The van der Waals surface area contributed by atoms with Crippen LogP contribution < -0.4 is 10.9 Å². The van der Waals surface area contributed by atoms with Crippen LogP contribution in [-0.2, 0) is 6.54 Å². The van der Waals surface area contributed by atoms with E-state index in [0.717, 1.165) is 5.39 Å². The molecule has 5 heteroatoms. The van der Waals surface area contributed by atoms with Gasteiger partial charge in [0.2, 0.25) is 0 Å². The number of amides is 1. The molecule has 0 unspecified atom stereocenters. The first-order valence-electron chi connectivity index (χ1n) is 7.15. The highest BCUT2D eigenvalue weighted by molar-refractivity contribution is 6.05. The van der Waals surface area contributed by atoms with Crippen molar-refractivity contribution in [1.82, 2.24) is 9.55 Å². The van der Waals surface area contributed by atoms with Gasteiger partial charge in [0.05, 0.1) is 11.9 Å². The van der Waals surface area contributed by atoms with E-state index in [2.05, 4.69) is 16.9 Å². The van der Waals surface area contributed by atoms with Crippen molar-refractivity contribution in [2.45, 2.75) is 6.54 Å². The fraction of sp³-hybridized carbons (Fsp3) is 0.0556. The number of hydrogen-bond donors (Lipinski definition) is 1. The number of aromatic nitrogens is 2. The minimum absolute atomic E-state index is 0.209. The van der Waals surface area contributed by atoms with E-state index in [4.69, 9.17) is 0 Å². The summed E-state index contributed by atoms with van der Waals surface area (Å²) >= 11 is 0. The predicted octanol–water partition coefficient (Wildman–Crippen LogP) is 2.83. The third-order valence-electron chi connectivity index (χ3n) is 3.48. The van der Waals surface area contributed by atoms with Crippen molar-refractivity contribution in [2.24, 2.45) is 0 Å². The van der Waals surface area contributed by atoms with Crippen LogP contribution in [0.1, 0.15) is 10.5 Å². The lowest BCUT2D eigenvalue weighted by atomic mass is 10.1. The number of nitrogens with zero attached hydrogens (tertiary/aromatic N) is 2. The predicted molar refractivity (Wildman–Crippen MR) is 90.6 cm³/mol. The van der Waals surface area contributed by atoms with Crippen LogP contribution in [0.2, 0.25) is 0 Å². The van der Waals surface area contributed by atoms with E-state index in [0.29, 0.717) is 11.1 Å².